The number of hydrogen-bond donors (Lipinski definition) is 1. The first-order chi connectivity index (χ1) is 16.3. The lowest BCUT2D eigenvalue weighted by atomic mass is 9.81. The second-order valence-electron chi connectivity index (χ2n) is 8.35. The molecule has 34 heavy (non-hydrogen) atoms. The molecule has 2 aliphatic rings. The molecule has 176 valence electrons. The van der Waals surface area contributed by atoms with Crippen molar-refractivity contribution in [3.8, 4) is 0 Å². The maximum Gasteiger partial charge on any atom is 0.326 e. The highest BCUT2D eigenvalue weighted by Crippen LogP contribution is 2.37. The number of nitrogens with one attached hydrogen (secondary N) is 1. The molecule has 1 aliphatic carbocycles. The van der Waals surface area contributed by atoms with Crippen LogP contribution in [0.5, 0.6) is 0 Å². The second-order valence-corrected chi connectivity index (χ2v) is 8.79. The van der Waals surface area contributed by atoms with Crippen LogP contribution in [0.25, 0.3) is 0 Å². The number of fused-ring (bicyclic) bond motifs is 1. The van der Waals surface area contributed by atoms with Gasteiger partial charge >= 0.3 is 5.97 Å². The third-order valence-corrected chi connectivity index (χ3v) is 6.36. The number of ketones is 1. The Morgan fingerprint density at radius 1 is 0.971 bits per heavy atom. The van der Waals surface area contributed by atoms with Crippen molar-refractivity contribution in [1.82, 2.24) is 4.90 Å². The van der Waals surface area contributed by atoms with Gasteiger partial charge in [0.25, 0.3) is 5.91 Å². The molecule has 1 heterocycles. The van der Waals surface area contributed by atoms with Crippen LogP contribution in [-0.4, -0.2) is 47.5 Å². The van der Waals surface area contributed by atoms with Crippen LogP contribution in [-0.2, 0) is 23.9 Å². The van der Waals surface area contributed by atoms with Gasteiger partial charge in [-0.25, -0.2) is 0 Å². The summed E-state index contributed by atoms with van der Waals surface area (Å²) in [7, 11) is 0. The molecule has 3 amide bonds. The minimum Gasteiger partial charge on any atom is -0.454 e. The number of nitrogens with zero attached hydrogens (tertiary/aromatic N) is 1. The molecule has 9 heteroatoms. The highest BCUT2D eigenvalue weighted by molar-refractivity contribution is 6.31. The van der Waals surface area contributed by atoms with Crippen LogP contribution in [0.15, 0.2) is 48.5 Å². The summed E-state index contributed by atoms with van der Waals surface area (Å²) in [4.78, 5) is 63.4. The van der Waals surface area contributed by atoms with E-state index in [1.165, 1.54) is 18.2 Å². The number of esters is 1. The molecule has 0 unspecified atom stereocenters. The van der Waals surface area contributed by atoms with E-state index in [0.29, 0.717) is 23.4 Å². The molecular formula is C25H23ClN2O6. The minimum atomic E-state index is -0.854. The zero-order chi connectivity index (χ0) is 24.2. The van der Waals surface area contributed by atoms with Gasteiger partial charge in [-0.1, -0.05) is 54.8 Å². The lowest BCUT2D eigenvalue weighted by Crippen LogP contribution is -2.37. The number of imide groups is 1. The molecule has 1 saturated carbocycles. The summed E-state index contributed by atoms with van der Waals surface area (Å²) < 4.78 is 4.99. The van der Waals surface area contributed by atoms with Gasteiger partial charge in [0.1, 0.15) is 6.54 Å². The van der Waals surface area contributed by atoms with Crippen LogP contribution in [0.2, 0.25) is 5.02 Å². The molecule has 1 N–H and O–H groups in total. The molecule has 0 spiro atoms. The Balaban J connectivity index is 1.35. The summed E-state index contributed by atoms with van der Waals surface area (Å²) in [6, 6.07) is 13.0. The largest absolute Gasteiger partial charge is 0.454 e. The average molecular weight is 483 g/mol. The summed E-state index contributed by atoms with van der Waals surface area (Å²) in [6.45, 7) is -1.15. The first-order valence-corrected chi connectivity index (χ1v) is 11.4. The van der Waals surface area contributed by atoms with Crippen molar-refractivity contribution in [3.05, 3.63) is 64.7 Å². The number of ether oxygens (including phenoxy) is 1. The van der Waals surface area contributed by atoms with Crippen molar-refractivity contribution >= 4 is 46.8 Å². The SMILES string of the molecule is O=C(COC(=O)CN1C(=O)[C@H]2CCCC[C@@H]2C1=O)Nc1ccc(Cl)cc1C(=O)c1ccccc1. The van der Waals surface area contributed by atoms with Gasteiger partial charge in [-0.3, -0.25) is 28.9 Å². The van der Waals surface area contributed by atoms with Crippen molar-refractivity contribution in [2.45, 2.75) is 25.7 Å². The molecule has 4 rings (SSSR count). The Morgan fingerprint density at radius 2 is 1.62 bits per heavy atom. The molecule has 2 atom stereocenters. The molecule has 0 bridgehead atoms. The normalized spacial score (nSPS) is 19.5. The third-order valence-electron chi connectivity index (χ3n) is 6.12. The van der Waals surface area contributed by atoms with Gasteiger partial charge in [0.15, 0.2) is 12.4 Å². The molecule has 1 saturated heterocycles. The Bertz CT molecular complexity index is 1130. The molecule has 8 nitrogen and oxygen atoms in total. The number of likely N-dealkylation sites (tertiary alicyclic amines) is 1. The van der Waals surface area contributed by atoms with E-state index in [4.69, 9.17) is 16.3 Å². The number of halogens is 1. The van der Waals surface area contributed by atoms with Crippen LogP contribution in [0.4, 0.5) is 5.69 Å². The Kier molecular flexibility index (Phi) is 7.07. The highest BCUT2D eigenvalue weighted by atomic mass is 35.5. The van der Waals surface area contributed by atoms with Gasteiger partial charge in [-0.05, 0) is 31.0 Å². The van der Waals surface area contributed by atoms with E-state index in [0.717, 1.165) is 17.7 Å². The van der Waals surface area contributed by atoms with Gasteiger partial charge in [0, 0.05) is 16.1 Å². The van der Waals surface area contributed by atoms with E-state index < -0.39 is 25.0 Å². The maximum atomic E-state index is 12.9. The Morgan fingerprint density at radius 3 is 2.26 bits per heavy atom. The van der Waals surface area contributed by atoms with E-state index in [1.54, 1.807) is 30.3 Å². The Hall–Kier alpha value is -3.52. The van der Waals surface area contributed by atoms with Crippen molar-refractivity contribution in [1.29, 1.82) is 0 Å². The van der Waals surface area contributed by atoms with Gasteiger partial charge < -0.3 is 10.1 Å². The maximum absolute atomic E-state index is 12.9. The Labute approximate surface area is 201 Å². The standard InChI is InChI=1S/C25H23ClN2O6/c26-16-10-11-20(19(12-16)23(31)15-6-2-1-3-7-15)27-21(29)14-34-22(30)13-28-24(32)17-8-4-5-9-18(17)25(28)33/h1-3,6-7,10-12,17-18H,4-5,8-9,13-14H2,(H,27,29)/t17-,18-/m0/s1. The first kappa shape index (κ1) is 23.6. The molecule has 1 aliphatic heterocycles. The van der Waals surface area contributed by atoms with Crippen LogP contribution in [0.1, 0.15) is 41.6 Å². The number of carbonyl (C=O) groups is 5. The minimum absolute atomic E-state index is 0.189. The van der Waals surface area contributed by atoms with Gasteiger partial charge in [0.05, 0.1) is 17.5 Å². The summed E-state index contributed by atoms with van der Waals surface area (Å²) >= 11 is 6.04. The molecular weight excluding hydrogens is 460 g/mol. The number of benzene rings is 2. The monoisotopic (exact) mass is 482 g/mol. The smallest absolute Gasteiger partial charge is 0.326 e. The summed E-state index contributed by atoms with van der Waals surface area (Å²) in [6.07, 6.45) is 3.07. The molecule has 0 aromatic heterocycles. The van der Waals surface area contributed by atoms with Crippen molar-refractivity contribution < 1.29 is 28.7 Å². The van der Waals surface area contributed by atoms with Crippen LogP contribution in [0.3, 0.4) is 0 Å². The van der Waals surface area contributed by atoms with E-state index in [1.807, 2.05) is 0 Å². The van der Waals surface area contributed by atoms with Gasteiger partial charge in [-0.15, -0.1) is 0 Å². The predicted octanol–water partition coefficient (Wildman–Crippen LogP) is 3.23. The summed E-state index contributed by atoms with van der Waals surface area (Å²) in [5, 5.41) is 2.88. The zero-order valence-corrected chi connectivity index (χ0v) is 19.0. The van der Waals surface area contributed by atoms with Gasteiger partial charge in [0.2, 0.25) is 11.8 Å². The molecule has 2 fully saturated rings. The van der Waals surface area contributed by atoms with E-state index in [9.17, 15) is 24.0 Å². The zero-order valence-electron chi connectivity index (χ0n) is 18.3. The van der Waals surface area contributed by atoms with Crippen LogP contribution >= 0.6 is 11.6 Å². The van der Waals surface area contributed by atoms with Gasteiger partial charge in [-0.2, -0.15) is 0 Å². The number of carbonyl (C=O) groups excluding carboxylic acids is 5. The predicted molar refractivity (Wildman–Crippen MR) is 123 cm³/mol. The van der Waals surface area contributed by atoms with E-state index in [2.05, 4.69) is 5.32 Å². The molecule has 0 radical (unpaired) electrons. The fourth-order valence-electron chi connectivity index (χ4n) is 4.45. The van der Waals surface area contributed by atoms with Crippen LogP contribution in [0, 0.1) is 11.8 Å². The lowest BCUT2D eigenvalue weighted by Gasteiger charge is -2.19. The van der Waals surface area contributed by atoms with Crippen molar-refractivity contribution in [2.24, 2.45) is 11.8 Å². The number of amides is 3. The molecule has 2 aromatic carbocycles. The second kappa shape index (κ2) is 10.2. The molecule has 2 aromatic rings. The lowest BCUT2D eigenvalue weighted by molar-refractivity contribution is -0.154. The third kappa shape index (κ3) is 5.02. The quantitative estimate of drug-likeness (QED) is 0.368. The van der Waals surface area contributed by atoms with Crippen molar-refractivity contribution in [2.75, 3.05) is 18.5 Å². The summed E-state index contributed by atoms with van der Waals surface area (Å²) in [5.41, 5.74) is 0.828. The number of anilines is 1. The number of hydrogen-bond acceptors (Lipinski definition) is 6. The number of rotatable bonds is 7. The fourth-order valence-corrected chi connectivity index (χ4v) is 4.62. The first-order valence-electron chi connectivity index (χ1n) is 11.0. The fraction of sp³-hybridized carbons (Fsp3) is 0.320. The average Bonchev–Trinajstić information content (AvgIpc) is 3.09. The van der Waals surface area contributed by atoms with Crippen LogP contribution < -0.4 is 5.32 Å². The topological polar surface area (TPSA) is 110 Å². The van der Waals surface area contributed by atoms with E-state index in [-0.39, 0.29) is 40.7 Å². The summed E-state index contributed by atoms with van der Waals surface area (Å²) in [5.74, 6) is -3.27. The van der Waals surface area contributed by atoms with Crippen molar-refractivity contribution in [3.63, 3.8) is 0 Å². The van der Waals surface area contributed by atoms with E-state index >= 15 is 0 Å². The highest BCUT2D eigenvalue weighted by Gasteiger charge is 2.48.